The fourth-order valence-corrected chi connectivity index (χ4v) is 4.02. The summed E-state index contributed by atoms with van der Waals surface area (Å²) in [7, 11) is 2.59. The fourth-order valence-electron chi connectivity index (χ4n) is 3.34. The van der Waals surface area contributed by atoms with Crippen molar-refractivity contribution in [1.82, 2.24) is 10.6 Å². The maximum atomic E-state index is 13.3. The van der Waals surface area contributed by atoms with Crippen molar-refractivity contribution in [3.63, 3.8) is 0 Å². The molecule has 2 aromatic carbocycles. The lowest BCUT2D eigenvalue weighted by Crippen LogP contribution is -2.52. The number of aromatic hydroxyl groups is 1. The van der Waals surface area contributed by atoms with Crippen LogP contribution in [0.5, 0.6) is 11.5 Å². The number of amides is 3. The number of methoxy groups -OCH3 is 2. The van der Waals surface area contributed by atoms with Crippen LogP contribution in [0.15, 0.2) is 47.1 Å². The molecule has 0 radical (unpaired) electrons. The molecule has 1 fully saturated rings. The fraction of sp³-hybridized carbons (Fsp3) is 0.190. The number of phenols is 1. The van der Waals surface area contributed by atoms with Crippen LogP contribution in [0.3, 0.4) is 0 Å². The number of carbonyl (C=O) groups is 3. The van der Waals surface area contributed by atoms with E-state index in [1.165, 1.54) is 26.4 Å². The third-order valence-electron chi connectivity index (χ3n) is 4.87. The number of halogens is 2. The van der Waals surface area contributed by atoms with E-state index in [2.05, 4.69) is 38.5 Å². The number of anilines is 1. The smallest absolute Gasteiger partial charge is 0.339 e. The second-order valence-electron chi connectivity index (χ2n) is 6.75. The molecule has 0 unspecified atom stereocenters. The van der Waals surface area contributed by atoms with E-state index in [9.17, 15) is 19.5 Å². The number of carbonyl (C=O) groups excluding carboxylic acids is 3. The first kappa shape index (κ1) is 23.4. The highest BCUT2D eigenvalue weighted by Gasteiger charge is 2.40. The van der Waals surface area contributed by atoms with Crippen molar-refractivity contribution in [2.24, 2.45) is 5.92 Å². The Morgan fingerprint density at radius 3 is 2.62 bits per heavy atom. The van der Waals surface area contributed by atoms with Crippen molar-refractivity contribution < 1.29 is 29.0 Å². The van der Waals surface area contributed by atoms with E-state index in [1.54, 1.807) is 18.2 Å². The number of para-hydroxylation sites is 1. The van der Waals surface area contributed by atoms with Crippen LogP contribution in [-0.2, 0) is 9.53 Å². The summed E-state index contributed by atoms with van der Waals surface area (Å²) >= 11 is 9.61. The number of urea groups is 1. The zero-order chi connectivity index (χ0) is 23.6. The van der Waals surface area contributed by atoms with Gasteiger partial charge in [0.25, 0.3) is 0 Å². The van der Waals surface area contributed by atoms with Crippen LogP contribution in [-0.4, -0.2) is 37.2 Å². The Bertz CT molecular complexity index is 1120. The van der Waals surface area contributed by atoms with Crippen molar-refractivity contribution in [3.05, 3.63) is 63.2 Å². The van der Waals surface area contributed by atoms with Crippen LogP contribution in [0.4, 0.5) is 10.5 Å². The molecule has 2 atom stereocenters. The predicted molar refractivity (Wildman–Crippen MR) is 121 cm³/mol. The molecule has 1 heterocycles. The van der Waals surface area contributed by atoms with Gasteiger partial charge in [-0.1, -0.05) is 30.3 Å². The standard InChI is InChI=1S/C21H19BrClN3O6/c1-9-14(19(28)25-12-7-5-4-6-10(12)20(29)32-3)17(26-21(30)24-9)11-8-13(31-2)18(27)15(22)16(11)23/h4-8,14,17,27H,1H2,2-3H3,(H,25,28)(H2,24,26,30)/t14-,17-/m0/s1. The molecule has 4 N–H and O–H groups in total. The molecule has 1 saturated heterocycles. The summed E-state index contributed by atoms with van der Waals surface area (Å²) in [5.74, 6) is -2.36. The van der Waals surface area contributed by atoms with Gasteiger partial charge in [0.15, 0.2) is 11.5 Å². The van der Waals surface area contributed by atoms with Crippen molar-refractivity contribution in [1.29, 1.82) is 0 Å². The van der Waals surface area contributed by atoms with Gasteiger partial charge in [-0.3, -0.25) is 4.79 Å². The lowest BCUT2D eigenvalue weighted by atomic mass is 9.87. The molecule has 0 saturated carbocycles. The van der Waals surface area contributed by atoms with Crippen LogP contribution >= 0.6 is 27.5 Å². The summed E-state index contributed by atoms with van der Waals surface area (Å²) in [6.07, 6.45) is 0. The van der Waals surface area contributed by atoms with Gasteiger partial charge in [0.1, 0.15) is 5.92 Å². The normalized spacial score (nSPS) is 17.8. The van der Waals surface area contributed by atoms with Crippen molar-refractivity contribution in [2.75, 3.05) is 19.5 Å². The summed E-state index contributed by atoms with van der Waals surface area (Å²) in [5, 5.41) is 18.1. The van der Waals surface area contributed by atoms with E-state index < -0.39 is 29.9 Å². The predicted octanol–water partition coefficient (Wildman–Crippen LogP) is 3.73. The monoisotopic (exact) mass is 523 g/mol. The Hall–Kier alpha value is -3.24. The second kappa shape index (κ2) is 9.49. The molecule has 2 aromatic rings. The van der Waals surface area contributed by atoms with Crippen molar-refractivity contribution in [3.8, 4) is 11.5 Å². The van der Waals surface area contributed by atoms with E-state index in [0.717, 1.165) is 0 Å². The van der Waals surface area contributed by atoms with Gasteiger partial charge < -0.3 is 30.5 Å². The van der Waals surface area contributed by atoms with E-state index >= 15 is 0 Å². The Balaban J connectivity index is 2.04. The molecule has 0 bridgehead atoms. The minimum absolute atomic E-state index is 0.0797. The van der Waals surface area contributed by atoms with Gasteiger partial charge in [0.2, 0.25) is 5.91 Å². The summed E-state index contributed by atoms with van der Waals surface area (Å²) in [6.45, 7) is 3.81. The van der Waals surface area contributed by atoms with E-state index in [0.29, 0.717) is 5.56 Å². The highest BCUT2D eigenvalue weighted by molar-refractivity contribution is 9.10. The number of esters is 1. The number of rotatable bonds is 5. The second-order valence-corrected chi connectivity index (χ2v) is 7.92. The average Bonchev–Trinajstić information content (AvgIpc) is 2.77. The molecule has 1 aliphatic rings. The Kier molecular flexibility index (Phi) is 6.95. The highest BCUT2D eigenvalue weighted by atomic mass is 79.9. The molecular weight excluding hydrogens is 506 g/mol. The summed E-state index contributed by atoms with van der Waals surface area (Å²) in [5.41, 5.74) is 0.811. The third kappa shape index (κ3) is 4.37. The molecule has 11 heteroatoms. The average molecular weight is 525 g/mol. The zero-order valence-corrected chi connectivity index (χ0v) is 19.3. The molecule has 168 valence electrons. The molecule has 9 nitrogen and oxygen atoms in total. The largest absolute Gasteiger partial charge is 0.503 e. The van der Waals surface area contributed by atoms with E-state index in [4.69, 9.17) is 21.1 Å². The summed E-state index contributed by atoms with van der Waals surface area (Å²) < 4.78 is 10.1. The van der Waals surface area contributed by atoms with Crippen LogP contribution in [0, 0.1) is 5.92 Å². The molecule has 0 spiro atoms. The number of nitrogens with one attached hydrogen (secondary N) is 3. The molecular formula is C21H19BrClN3O6. The van der Waals surface area contributed by atoms with E-state index in [-0.39, 0.29) is 37.9 Å². The van der Waals surface area contributed by atoms with Crippen molar-refractivity contribution >= 4 is 51.1 Å². The topological polar surface area (TPSA) is 126 Å². The summed E-state index contributed by atoms with van der Waals surface area (Å²) in [4.78, 5) is 37.5. The third-order valence-corrected chi connectivity index (χ3v) is 6.28. The maximum absolute atomic E-state index is 13.3. The first-order chi connectivity index (χ1) is 15.2. The van der Waals surface area contributed by atoms with E-state index in [1.807, 2.05) is 0 Å². The lowest BCUT2D eigenvalue weighted by Gasteiger charge is -2.34. The molecule has 3 rings (SSSR count). The van der Waals surface area contributed by atoms with Gasteiger partial charge in [-0.15, -0.1) is 0 Å². The van der Waals surface area contributed by atoms with Gasteiger partial charge in [-0.25, -0.2) is 9.59 Å². The molecule has 3 amide bonds. The van der Waals surface area contributed by atoms with Gasteiger partial charge in [-0.05, 0) is 39.7 Å². The number of hydrogen-bond acceptors (Lipinski definition) is 6. The minimum atomic E-state index is -1.03. The number of ether oxygens (including phenoxy) is 2. The van der Waals surface area contributed by atoms with Crippen LogP contribution in [0.2, 0.25) is 5.02 Å². The molecule has 0 aromatic heterocycles. The molecule has 0 aliphatic carbocycles. The molecule has 32 heavy (non-hydrogen) atoms. The van der Waals surface area contributed by atoms with Crippen LogP contribution < -0.4 is 20.7 Å². The number of hydrogen-bond donors (Lipinski definition) is 4. The quantitative estimate of drug-likeness (QED) is 0.442. The maximum Gasteiger partial charge on any atom is 0.339 e. The Morgan fingerprint density at radius 2 is 1.97 bits per heavy atom. The zero-order valence-electron chi connectivity index (χ0n) is 17.0. The summed E-state index contributed by atoms with van der Waals surface area (Å²) in [6, 6.07) is 6.21. The van der Waals surface area contributed by atoms with Crippen LogP contribution in [0.1, 0.15) is 22.0 Å². The van der Waals surface area contributed by atoms with Crippen LogP contribution in [0.25, 0.3) is 0 Å². The Labute approximate surface area is 196 Å². The van der Waals surface area contributed by atoms with Crippen molar-refractivity contribution in [2.45, 2.75) is 6.04 Å². The number of benzene rings is 2. The number of phenolic OH excluding ortho intramolecular Hbond substituents is 1. The molecule has 1 aliphatic heterocycles. The first-order valence-electron chi connectivity index (χ1n) is 9.18. The van der Waals surface area contributed by atoms with Gasteiger partial charge in [0, 0.05) is 5.70 Å². The van der Waals surface area contributed by atoms with Gasteiger partial charge >= 0.3 is 12.0 Å². The van der Waals surface area contributed by atoms with Gasteiger partial charge in [0.05, 0.1) is 41.0 Å². The van der Waals surface area contributed by atoms with Gasteiger partial charge in [-0.2, -0.15) is 0 Å². The lowest BCUT2D eigenvalue weighted by molar-refractivity contribution is -0.119. The minimum Gasteiger partial charge on any atom is -0.503 e. The SMILES string of the molecule is C=C1NC(=O)N[C@@H](c2cc(OC)c(O)c(Br)c2Cl)[C@H]1C(=O)Nc1ccccc1C(=O)OC. The first-order valence-corrected chi connectivity index (χ1v) is 10.4. The Morgan fingerprint density at radius 1 is 1.28 bits per heavy atom. The highest BCUT2D eigenvalue weighted by Crippen LogP contribution is 2.45.